The number of aliphatic carboxylic acids is 4. The minimum Gasteiger partial charge on any atom is -0.480 e. The Balaban J connectivity index is 0.000000403. The smallest absolute Gasteiger partial charge is 0.328 e. The predicted octanol–water partition coefficient (Wildman–Crippen LogP) is 0.533. The van der Waals surface area contributed by atoms with E-state index in [-0.39, 0.29) is 17.1 Å². The van der Waals surface area contributed by atoms with E-state index < -0.39 is 34.7 Å². The zero-order valence-corrected chi connectivity index (χ0v) is 12.6. The molecular formula is C14H12MnO8. The zero-order valence-electron chi connectivity index (χ0n) is 11.4. The molecule has 0 bridgehead atoms. The van der Waals surface area contributed by atoms with Crippen molar-refractivity contribution in [1.29, 1.82) is 0 Å². The van der Waals surface area contributed by atoms with Crippen LogP contribution in [0.1, 0.15) is 0 Å². The van der Waals surface area contributed by atoms with Gasteiger partial charge < -0.3 is 20.4 Å². The number of carboxylic acids is 4. The third-order valence-corrected chi connectivity index (χ3v) is 3.07. The first-order valence-corrected chi connectivity index (χ1v) is 5.87. The summed E-state index contributed by atoms with van der Waals surface area (Å²) in [6, 6.07) is 0. The van der Waals surface area contributed by atoms with Crippen LogP contribution < -0.4 is 0 Å². The van der Waals surface area contributed by atoms with E-state index >= 15 is 0 Å². The second kappa shape index (κ2) is 7.57. The average molecular weight is 363 g/mol. The van der Waals surface area contributed by atoms with Crippen molar-refractivity contribution in [3.05, 3.63) is 48.6 Å². The van der Waals surface area contributed by atoms with Crippen LogP contribution >= 0.6 is 0 Å². The van der Waals surface area contributed by atoms with Crippen LogP contribution in [0, 0.1) is 10.8 Å². The van der Waals surface area contributed by atoms with Gasteiger partial charge in [0.15, 0.2) is 0 Å². The van der Waals surface area contributed by atoms with Crippen molar-refractivity contribution in [3.8, 4) is 0 Å². The minimum absolute atomic E-state index is 0. The van der Waals surface area contributed by atoms with Gasteiger partial charge in [-0.05, 0) is 0 Å². The number of rotatable bonds is 4. The molecule has 1 radical (unpaired) electrons. The summed E-state index contributed by atoms with van der Waals surface area (Å²) < 4.78 is 0. The molecule has 2 rings (SSSR count). The van der Waals surface area contributed by atoms with Crippen molar-refractivity contribution in [2.45, 2.75) is 0 Å². The van der Waals surface area contributed by atoms with E-state index in [2.05, 4.69) is 0 Å². The van der Waals surface area contributed by atoms with Crippen molar-refractivity contribution >= 4 is 23.9 Å². The number of hydrogen-bond acceptors (Lipinski definition) is 4. The molecule has 8 nitrogen and oxygen atoms in total. The van der Waals surface area contributed by atoms with Gasteiger partial charge in [-0.1, -0.05) is 48.6 Å². The topological polar surface area (TPSA) is 149 Å². The monoisotopic (exact) mass is 363 g/mol. The molecule has 2 aliphatic rings. The maximum absolute atomic E-state index is 10.5. The van der Waals surface area contributed by atoms with Crippen LogP contribution in [-0.2, 0) is 36.2 Å². The third kappa shape index (κ3) is 3.77. The molecular weight excluding hydrogens is 351 g/mol. The summed E-state index contributed by atoms with van der Waals surface area (Å²) in [5, 5.41) is 34.2. The van der Waals surface area contributed by atoms with Crippen LogP contribution in [0.5, 0.6) is 0 Å². The van der Waals surface area contributed by atoms with Gasteiger partial charge in [0, 0.05) is 17.1 Å². The number of hydrogen-bond donors (Lipinski definition) is 4. The molecule has 2 aliphatic carbocycles. The standard InChI is InChI=1S/2C7H6O4.Mn/c2*8-5(9)7(6(10)11)3-1-2-4-7;/h2*1-4H,(H,8,9)(H,10,11);. The van der Waals surface area contributed by atoms with Gasteiger partial charge in [-0.15, -0.1) is 0 Å². The van der Waals surface area contributed by atoms with E-state index in [0.29, 0.717) is 0 Å². The molecule has 123 valence electrons. The summed E-state index contributed by atoms with van der Waals surface area (Å²) in [6.07, 6.45) is 10.2. The quantitative estimate of drug-likeness (QED) is 0.417. The van der Waals surface area contributed by atoms with Gasteiger partial charge >= 0.3 is 23.9 Å². The Morgan fingerprint density at radius 2 is 0.696 bits per heavy atom. The first kappa shape index (κ1) is 20.4. The summed E-state index contributed by atoms with van der Waals surface area (Å²) in [4.78, 5) is 41.9. The molecule has 4 N–H and O–H groups in total. The molecule has 0 aromatic heterocycles. The fourth-order valence-electron chi connectivity index (χ4n) is 1.69. The number of carbonyl (C=O) groups is 4. The molecule has 0 unspecified atom stereocenters. The van der Waals surface area contributed by atoms with Crippen molar-refractivity contribution < 1.29 is 56.7 Å². The summed E-state index contributed by atoms with van der Waals surface area (Å²) >= 11 is 0. The minimum atomic E-state index is -1.83. The molecule has 0 aromatic carbocycles. The fourth-order valence-corrected chi connectivity index (χ4v) is 1.69. The second-order valence-electron chi connectivity index (χ2n) is 4.40. The molecule has 0 aromatic rings. The van der Waals surface area contributed by atoms with Gasteiger partial charge in [0.25, 0.3) is 0 Å². The molecule has 0 amide bonds. The van der Waals surface area contributed by atoms with Crippen LogP contribution in [0.2, 0.25) is 0 Å². The van der Waals surface area contributed by atoms with Crippen LogP contribution in [0.4, 0.5) is 0 Å². The Hall–Kier alpha value is -2.64. The predicted molar refractivity (Wildman–Crippen MR) is 72.0 cm³/mol. The van der Waals surface area contributed by atoms with Gasteiger partial charge in [0.2, 0.25) is 10.8 Å². The van der Waals surface area contributed by atoms with E-state index in [0.717, 1.165) is 24.3 Å². The molecule has 0 saturated carbocycles. The van der Waals surface area contributed by atoms with Crippen molar-refractivity contribution in [1.82, 2.24) is 0 Å². The van der Waals surface area contributed by atoms with Gasteiger partial charge in [0.1, 0.15) is 0 Å². The maximum atomic E-state index is 10.5. The number of carboxylic acid groups (broad SMARTS) is 4. The van der Waals surface area contributed by atoms with Gasteiger partial charge in [-0.2, -0.15) is 0 Å². The van der Waals surface area contributed by atoms with E-state index in [4.69, 9.17) is 20.4 Å². The van der Waals surface area contributed by atoms with Crippen LogP contribution in [-0.4, -0.2) is 44.3 Å². The average Bonchev–Trinajstić information content (AvgIpc) is 3.10. The van der Waals surface area contributed by atoms with Gasteiger partial charge in [-0.3, -0.25) is 19.2 Å². The normalized spacial score (nSPS) is 17.7. The Morgan fingerprint density at radius 3 is 0.783 bits per heavy atom. The number of allylic oxidation sites excluding steroid dienone is 4. The fraction of sp³-hybridized carbons (Fsp3) is 0.143. The maximum Gasteiger partial charge on any atom is 0.328 e. The molecule has 0 heterocycles. The Bertz CT molecular complexity index is 529. The van der Waals surface area contributed by atoms with E-state index in [1.54, 1.807) is 0 Å². The Kier molecular flexibility index (Phi) is 6.70. The van der Waals surface area contributed by atoms with Crippen LogP contribution in [0.3, 0.4) is 0 Å². The van der Waals surface area contributed by atoms with Crippen LogP contribution in [0.15, 0.2) is 48.6 Å². The first-order chi connectivity index (χ1) is 10.2. The summed E-state index contributed by atoms with van der Waals surface area (Å²) in [7, 11) is 0. The SMILES string of the molecule is O=C(O)C1(C(=O)O)C=CC=C1.O=C(O)C1(C(=O)O)C=CC=C1.[Mn]. The molecule has 0 saturated heterocycles. The van der Waals surface area contributed by atoms with E-state index in [9.17, 15) is 19.2 Å². The summed E-state index contributed by atoms with van der Waals surface area (Å²) in [5.74, 6) is -5.46. The summed E-state index contributed by atoms with van der Waals surface area (Å²) in [5.41, 5.74) is -3.67. The Morgan fingerprint density at radius 1 is 0.522 bits per heavy atom. The van der Waals surface area contributed by atoms with Crippen molar-refractivity contribution in [2.75, 3.05) is 0 Å². The molecule has 0 atom stereocenters. The largest absolute Gasteiger partial charge is 0.480 e. The molecule has 0 spiro atoms. The summed E-state index contributed by atoms with van der Waals surface area (Å²) in [6.45, 7) is 0. The Labute approximate surface area is 140 Å². The van der Waals surface area contributed by atoms with Crippen LogP contribution in [0.25, 0.3) is 0 Å². The zero-order chi connectivity index (χ0) is 17.0. The van der Waals surface area contributed by atoms with Gasteiger partial charge in [0.05, 0.1) is 0 Å². The molecule has 0 aliphatic heterocycles. The second-order valence-corrected chi connectivity index (χ2v) is 4.40. The van der Waals surface area contributed by atoms with Gasteiger partial charge in [-0.25, -0.2) is 0 Å². The van der Waals surface area contributed by atoms with E-state index in [1.165, 1.54) is 24.3 Å². The third-order valence-electron chi connectivity index (χ3n) is 3.07. The van der Waals surface area contributed by atoms with E-state index in [1.807, 2.05) is 0 Å². The molecule has 23 heavy (non-hydrogen) atoms. The first-order valence-electron chi connectivity index (χ1n) is 5.87. The molecule has 0 fully saturated rings. The van der Waals surface area contributed by atoms with Crippen molar-refractivity contribution in [2.24, 2.45) is 10.8 Å². The van der Waals surface area contributed by atoms with Crippen molar-refractivity contribution in [3.63, 3.8) is 0 Å². The molecule has 9 heteroatoms.